The van der Waals surface area contributed by atoms with E-state index in [1.165, 1.54) is 0 Å². The van der Waals surface area contributed by atoms with E-state index in [4.69, 9.17) is 4.74 Å². The average molecular weight is 170 g/mol. The molecule has 0 saturated carbocycles. The lowest BCUT2D eigenvalue weighted by Crippen LogP contribution is -2.28. The topological polar surface area (TPSA) is 46.4 Å². The van der Waals surface area contributed by atoms with Crippen molar-refractivity contribution < 1.29 is 9.84 Å². The van der Waals surface area contributed by atoms with Gasteiger partial charge in [-0.05, 0) is 12.1 Å². The van der Waals surface area contributed by atoms with E-state index in [-0.39, 0.29) is 0 Å². The number of hydrogen-bond acceptors (Lipinski definition) is 3. The predicted molar refractivity (Wildman–Crippen MR) is 46.5 cm³/mol. The Bertz CT molecular complexity index is 199. The molecule has 0 radical (unpaired) electrons. The summed E-state index contributed by atoms with van der Waals surface area (Å²) in [6.07, 6.45) is 3.29. The minimum atomic E-state index is -0.461. The SMILES string of the molecule is COCC(O)CNn1cccc1. The third-order valence-electron chi connectivity index (χ3n) is 1.47. The minimum Gasteiger partial charge on any atom is -0.389 e. The van der Waals surface area contributed by atoms with Gasteiger partial charge in [0, 0.05) is 19.5 Å². The van der Waals surface area contributed by atoms with Crippen LogP contribution < -0.4 is 5.43 Å². The summed E-state index contributed by atoms with van der Waals surface area (Å²) in [6, 6.07) is 3.82. The van der Waals surface area contributed by atoms with Gasteiger partial charge in [-0.1, -0.05) is 0 Å². The summed E-state index contributed by atoms with van der Waals surface area (Å²) in [5.41, 5.74) is 3.00. The molecule has 2 N–H and O–H groups in total. The molecule has 12 heavy (non-hydrogen) atoms. The first-order valence-corrected chi connectivity index (χ1v) is 3.87. The molecule has 68 valence electrons. The summed E-state index contributed by atoms with van der Waals surface area (Å²) in [5.74, 6) is 0. The summed E-state index contributed by atoms with van der Waals surface area (Å²) >= 11 is 0. The monoisotopic (exact) mass is 170 g/mol. The van der Waals surface area contributed by atoms with Crippen LogP contribution in [0, 0.1) is 0 Å². The van der Waals surface area contributed by atoms with Gasteiger partial charge in [-0.2, -0.15) is 0 Å². The maximum Gasteiger partial charge on any atom is 0.0961 e. The van der Waals surface area contributed by atoms with Gasteiger partial charge in [-0.25, -0.2) is 0 Å². The van der Waals surface area contributed by atoms with E-state index < -0.39 is 6.10 Å². The molecule has 1 atom stereocenters. The van der Waals surface area contributed by atoms with Gasteiger partial charge in [0.15, 0.2) is 0 Å². The van der Waals surface area contributed by atoms with Crippen molar-refractivity contribution in [3.05, 3.63) is 24.5 Å². The van der Waals surface area contributed by atoms with E-state index in [1.54, 1.807) is 11.8 Å². The van der Waals surface area contributed by atoms with E-state index in [2.05, 4.69) is 5.43 Å². The Morgan fingerprint density at radius 2 is 2.17 bits per heavy atom. The second-order valence-corrected chi connectivity index (χ2v) is 2.56. The lowest BCUT2D eigenvalue weighted by atomic mass is 10.4. The maximum absolute atomic E-state index is 9.25. The summed E-state index contributed by atoms with van der Waals surface area (Å²) in [6.45, 7) is 0.844. The van der Waals surface area contributed by atoms with Gasteiger partial charge in [0.05, 0.1) is 19.3 Å². The standard InChI is InChI=1S/C8H14N2O2/c1-12-7-8(11)6-9-10-4-2-3-5-10/h2-5,8-9,11H,6-7H2,1H3. The molecule has 0 aromatic carbocycles. The molecule has 0 aliphatic carbocycles. The minimum absolute atomic E-state index is 0.355. The molecular weight excluding hydrogens is 156 g/mol. The second kappa shape index (κ2) is 4.79. The first-order valence-electron chi connectivity index (χ1n) is 3.87. The van der Waals surface area contributed by atoms with Crippen molar-refractivity contribution in [2.75, 3.05) is 25.7 Å². The number of aliphatic hydroxyl groups is 1. The highest BCUT2D eigenvalue weighted by molar-refractivity contribution is 4.93. The molecule has 1 unspecified atom stereocenters. The lowest BCUT2D eigenvalue weighted by Gasteiger charge is -2.12. The molecule has 0 spiro atoms. The molecule has 1 rings (SSSR count). The molecule has 1 aromatic rings. The van der Waals surface area contributed by atoms with Crippen LogP contribution in [0.3, 0.4) is 0 Å². The number of nitrogens with zero attached hydrogens (tertiary/aromatic N) is 1. The smallest absolute Gasteiger partial charge is 0.0961 e. The Morgan fingerprint density at radius 3 is 2.75 bits per heavy atom. The van der Waals surface area contributed by atoms with Gasteiger partial charge < -0.3 is 15.3 Å². The van der Waals surface area contributed by atoms with Crippen LogP contribution in [-0.2, 0) is 4.74 Å². The molecule has 0 amide bonds. The van der Waals surface area contributed by atoms with E-state index in [9.17, 15) is 5.11 Å². The van der Waals surface area contributed by atoms with Gasteiger partial charge in [-0.15, -0.1) is 0 Å². The van der Waals surface area contributed by atoms with Gasteiger partial charge in [0.1, 0.15) is 0 Å². The third-order valence-corrected chi connectivity index (χ3v) is 1.47. The highest BCUT2D eigenvalue weighted by Gasteiger charge is 2.00. The van der Waals surface area contributed by atoms with Crippen molar-refractivity contribution in [1.82, 2.24) is 4.68 Å². The number of nitrogens with one attached hydrogen (secondary N) is 1. The number of aromatic nitrogens is 1. The number of ether oxygens (including phenoxy) is 1. The molecule has 0 aliphatic rings. The molecule has 1 aromatic heterocycles. The van der Waals surface area contributed by atoms with Crippen LogP contribution in [-0.4, -0.2) is 36.1 Å². The molecule has 0 fully saturated rings. The third kappa shape index (κ3) is 2.94. The molecule has 4 heteroatoms. The van der Waals surface area contributed by atoms with Crippen molar-refractivity contribution in [2.24, 2.45) is 0 Å². The fourth-order valence-electron chi connectivity index (χ4n) is 0.902. The van der Waals surface area contributed by atoms with E-state index in [0.29, 0.717) is 13.2 Å². The summed E-state index contributed by atoms with van der Waals surface area (Å²) < 4.78 is 6.56. The largest absolute Gasteiger partial charge is 0.389 e. The molecule has 0 bridgehead atoms. The van der Waals surface area contributed by atoms with Crippen LogP contribution >= 0.6 is 0 Å². The molecular formula is C8H14N2O2. The fourth-order valence-corrected chi connectivity index (χ4v) is 0.902. The Balaban J connectivity index is 2.17. The highest BCUT2D eigenvalue weighted by atomic mass is 16.5. The second-order valence-electron chi connectivity index (χ2n) is 2.56. The zero-order valence-electron chi connectivity index (χ0n) is 7.10. The van der Waals surface area contributed by atoms with Crippen molar-refractivity contribution in [3.63, 3.8) is 0 Å². The quantitative estimate of drug-likeness (QED) is 0.656. The van der Waals surface area contributed by atoms with Crippen molar-refractivity contribution in [3.8, 4) is 0 Å². The number of rotatable bonds is 5. The molecule has 1 heterocycles. The zero-order valence-corrected chi connectivity index (χ0v) is 7.10. The summed E-state index contributed by atoms with van der Waals surface area (Å²) in [5, 5.41) is 9.25. The predicted octanol–water partition coefficient (Wildman–Crippen LogP) is 0.0389. The Labute approximate surface area is 71.7 Å². The summed E-state index contributed by atoms with van der Waals surface area (Å²) in [7, 11) is 1.57. The van der Waals surface area contributed by atoms with Gasteiger partial charge >= 0.3 is 0 Å². The first kappa shape index (κ1) is 9.09. The first-order chi connectivity index (χ1) is 5.83. The van der Waals surface area contributed by atoms with Gasteiger partial charge in [0.2, 0.25) is 0 Å². The molecule has 4 nitrogen and oxygen atoms in total. The highest BCUT2D eigenvalue weighted by Crippen LogP contribution is 1.87. The van der Waals surface area contributed by atoms with Crippen LogP contribution in [0.25, 0.3) is 0 Å². The van der Waals surface area contributed by atoms with Crippen LogP contribution in [0.4, 0.5) is 0 Å². The maximum atomic E-state index is 9.25. The van der Waals surface area contributed by atoms with Crippen LogP contribution in [0.1, 0.15) is 0 Å². The molecule has 0 saturated heterocycles. The van der Waals surface area contributed by atoms with Crippen LogP contribution in [0.5, 0.6) is 0 Å². The number of methoxy groups -OCH3 is 1. The molecule has 0 aliphatic heterocycles. The number of hydrogen-bond donors (Lipinski definition) is 2. The summed E-state index contributed by atoms with van der Waals surface area (Å²) in [4.78, 5) is 0. The van der Waals surface area contributed by atoms with Crippen LogP contribution in [0.2, 0.25) is 0 Å². The number of aliphatic hydroxyl groups excluding tert-OH is 1. The van der Waals surface area contributed by atoms with Crippen molar-refractivity contribution in [2.45, 2.75) is 6.10 Å². The van der Waals surface area contributed by atoms with Crippen LogP contribution in [0.15, 0.2) is 24.5 Å². The Morgan fingerprint density at radius 1 is 1.50 bits per heavy atom. The Kier molecular flexibility index (Phi) is 3.63. The Hall–Kier alpha value is -1.00. The van der Waals surface area contributed by atoms with E-state index >= 15 is 0 Å². The lowest BCUT2D eigenvalue weighted by molar-refractivity contribution is 0.0712. The van der Waals surface area contributed by atoms with Crippen molar-refractivity contribution in [1.29, 1.82) is 0 Å². The van der Waals surface area contributed by atoms with Gasteiger partial charge in [-0.3, -0.25) is 4.68 Å². The normalized spacial score (nSPS) is 12.8. The van der Waals surface area contributed by atoms with E-state index in [0.717, 1.165) is 0 Å². The average Bonchev–Trinajstić information content (AvgIpc) is 2.53. The van der Waals surface area contributed by atoms with E-state index in [1.807, 2.05) is 24.5 Å². The van der Waals surface area contributed by atoms with Gasteiger partial charge in [0.25, 0.3) is 0 Å². The fraction of sp³-hybridized carbons (Fsp3) is 0.500. The van der Waals surface area contributed by atoms with Crippen molar-refractivity contribution >= 4 is 0 Å². The zero-order chi connectivity index (χ0) is 8.81.